The summed E-state index contributed by atoms with van der Waals surface area (Å²) in [7, 11) is 0. The predicted octanol–water partition coefficient (Wildman–Crippen LogP) is 4.39. The summed E-state index contributed by atoms with van der Waals surface area (Å²) in [5.74, 6) is 1.07. The van der Waals surface area contributed by atoms with Crippen molar-refractivity contribution >= 4 is 46.2 Å². The van der Waals surface area contributed by atoms with E-state index in [1.54, 1.807) is 42.7 Å². The fourth-order valence-electron chi connectivity index (χ4n) is 4.21. The molecule has 4 aromatic rings. The third-order valence-corrected chi connectivity index (χ3v) is 6.50. The number of nitrogens with one attached hydrogen (secondary N) is 1. The van der Waals surface area contributed by atoms with Crippen molar-refractivity contribution in [1.29, 1.82) is 0 Å². The molecule has 37 heavy (non-hydrogen) atoms. The first-order valence-corrected chi connectivity index (χ1v) is 12.4. The molecule has 4 heterocycles. The number of aryl methyl sites for hydroxylation is 1. The van der Waals surface area contributed by atoms with E-state index in [0.717, 1.165) is 29.6 Å². The van der Waals surface area contributed by atoms with Gasteiger partial charge in [-0.1, -0.05) is 11.6 Å². The third kappa shape index (κ3) is 5.87. The Morgan fingerprint density at radius 3 is 2.65 bits per heavy atom. The Bertz CT molecular complexity index is 1460. The average molecular weight is 516 g/mol. The van der Waals surface area contributed by atoms with Gasteiger partial charge in [-0.05, 0) is 60.2 Å². The van der Waals surface area contributed by atoms with E-state index < -0.39 is 0 Å². The second-order valence-corrected chi connectivity index (χ2v) is 9.29. The Hall–Kier alpha value is -4.01. The Balaban J connectivity index is 1.26. The number of amides is 1. The lowest BCUT2D eigenvalue weighted by molar-refractivity contribution is -0.114. The van der Waals surface area contributed by atoms with E-state index in [9.17, 15) is 9.59 Å². The van der Waals surface area contributed by atoms with E-state index in [1.807, 2.05) is 23.1 Å². The molecule has 1 aliphatic heterocycles. The van der Waals surface area contributed by atoms with Gasteiger partial charge in [-0.15, -0.1) is 0 Å². The van der Waals surface area contributed by atoms with Crippen LogP contribution in [0, 0.1) is 0 Å². The molecule has 3 N–H and O–H groups in total. The SMILES string of the molecule is Nc1ccc(/C=C/C(=O)CCc2cc3cc(-c4ccc(C(=O)N5CCNCC5)cn4)cc(Cl)c3o2)cn1. The maximum atomic E-state index is 12.7. The highest BCUT2D eigenvalue weighted by molar-refractivity contribution is 6.35. The largest absolute Gasteiger partial charge is 0.459 e. The summed E-state index contributed by atoms with van der Waals surface area (Å²) in [6.07, 6.45) is 7.22. The normalized spacial score (nSPS) is 13.9. The topological polar surface area (TPSA) is 114 Å². The number of ketones is 1. The molecule has 1 aliphatic rings. The molecule has 0 radical (unpaired) electrons. The van der Waals surface area contributed by atoms with Gasteiger partial charge in [-0.2, -0.15) is 0 Å². The number of nitrogens with zero attached hydrogens (tertiary/aromatic N) is 3. The summed E-state index contributed by atoms with van der Waals surface area (Å²) in [5.41, 5.74) is 9.05. The molecule has 5 rings (SSSR count). The number of fused-ring (bicyclic) bond motifs is 1. The van der Waals surface area contributed by atoms with Gasteiger partial charge in [0.1, 0.15) is 11.6 Å². The predicted molar refractivity (Wildman–Crippen MR) is 144 cm³/mol. The molecule has 9 heteroatoms. The molecule has 1 saturated heterocycles. The minimum absolute atomic E-state index is 0.0111. The van der Waals surface area contributed by atoms with Crippen LogP contribution in [0.25, 0.3) is 28.3 Å². The van der Waals surface area contributed by atoms with Crippen LogP contribution in [-0.2, 0) is 11.2 Å². The number of carbonyl (C=O) groups excluding carboxylic acids is 2. The lowest BCUT2D eigenvalue weighted by Crippen LogP contribution is -2.46. The number of halogens is 1. The summed E-state index contributed by atoms with van der Waals surface area (Å²) in [4.78, 5) is 35.4. The van der Waals surface area contributed by atoms with Crippen molar-refractivity contribution in [3.63, 3.8) is 0 Å². The van der Waals surface area contributed by atoms with Crippen molar-refractivity contribution in [2.24, 2.45) is 0 Å². The van der Waals surface area contributed by atoms with Crippen LogP contribution in [0.2, 0.25) is 5.02 Å². The van der Waals surface area contributed by atoms with E-state index in [1.165, 1.54) is 6.08 Å². The number of carbonyl (C=O) groups is 2. The van der Waals surface area contributed by atoms with Crippen molar-refractivity contribution in [2.45, 2.75) is 12.8 Å². The molecule has 8 nitrogen and oxygen atoms in total. The molecular weight excluding hydrogens is 490 g/mol. The van der Waals surface area contributed by atoms with Crippen LogP contribution in [0.4, 0.5) is 5.82 Å². The zero-order chi connectivity index (χ0) is 25.8. The highest BCUT2D eigenvalue weighted by atomic mass is 35.5. The van der Waals surface area contributed by atoms with Crippen molar-refractivity contribution < 1.29 is 14.0 Å². The smallest absolute Gasteiger partial charge is 0.255 e. The summed E-state index contributed by atoms with van der Waals surface area (Å²) < 4.78 is 5.93. The van der Waals surface area contributed by atoms with Gasteiger partial charge in [-0.25, -0.2) is 4.98 Å². The van der Waals surface area contributed by atoms with Gasteiger partial charge in [0, 0.05) is 62.4 Å². The van der Waals surface area contributed by atoms with Crippen molar-refractivity contribution in [3.8, 4) is 11.3 Å². The number of furan rings is 1. The maximum Gasteiger partial charge on any atom is 0.255 e. The monoisotopic (exact) mass is 515 g/mol. The minimum atomic E-state index is -0.0243. The van der Waals surface area contributed by atoms with Gasteiger partial charge in [-0.3, -0.25) is 14.6 Å². The van der Waals surface area contributed by atoms with Gasteiger partial charge < -0.3 is 20.4 Å². The van der Waals surface area contributed by atoms with Crippen LogP contribution in [0.1, 0.15) is 28.1 Å². The molecule has 0 aliphatic carbocycles. The highest BCUT2D eigenvalue weighted by Gasteiger charge is 2.18. The fourth-order valence-corrected chi connectivity index (χ4v) is 4.48. The van der Waals surface area contributed by atoms with Crippen LogP contribution in [0.3, 0.4) is 0 Å². The van der Waals surface area contributed by atoms with Gasteiger partial charge in [0.2, 0.25) is 0 Å². The molecule has 1 aromatic carbocycles. The first-order chi connectivity index (χ1) is 18.0. The molecule has 0 unspecified atom stereocenters. The number of hydrogen-bond donors (Lipinski definition) is 2. The van der Waals surface area contributed by atoms with E-state index in [0.29, 0.717) is 59.4 Å². The quantitative estimate of drug-likeness (QED) is 0.351. The van der Waals surface area contributed by atoms with E-state index in [4.69, 9.17) is 21.8 Å². The number of aromatic nitrogens is 2. The van der Waals surface area contributed by atoms with E-state index >= 15 is 0 Å². The number of anilines is 1. The number of nitrogen functional groups attached to an aromatic ring is 1. The van der Waals surface area contributed by atoms with Gasteiger partial charge in [0.15, 0.2) is 11.4 Å². The Morgan fingerprint density at radius 1 is 1.08 bits per heavy atom. The van der Waals surface area contributed by atoms with Crippen molar-refractivity contribution in [1.82, 2.24) is 20.2 Å². The standard InChI is InChI=1S/C28H26ClN5O3/c29-24-15-20(25-7-3-19(17-32-25)28(36)34-11-9-31-10-12-34)13-21-14-23(37-27(21)24)6-5-22(35)4-1-18-2-8-26(30)33-16-18/h1-4,7-8,13-17,31H,5-6,9-12H2,(H2,30,33)/b4-1+. The first-order valence-electron chi connectivity index (χ1n) is 12.1. The lowest BCUT2D eigenvalue weighted by Gasteiger charge is -2.27. The Morgan fingerprint density at radius 2 is 1.92 bits per heavy atom. The Kier molecular flexibility index (Phi) is 7.30. The van der Waals surface area contributed by atoms with Gasteiger partial charge in [0.25, 0.3) is 5.91 Å². The van der Waals surface area contributed by atoms with Crippen LogP contribution in [0.5, 0.6) is 0 Å². The summed E-state index contributed by atoms with van der Waals surface area (Å²) in [5, 5.41) is 4.54. The van der Waals surface area contributed by atoms with Crippen molar-refractivity contribution in [3.05, 3.63) is 82.8 Å². The number of piperazine rings is 1. The third-order valence-electron chi connectivity index (χ3n) is 6.22. The highest BCUT2D eigenvalue weighted by Crippen LogP contribution is 2.32. The zero-order valence-corrected chi connectivity index (χ0v) is 20.9. The van der Waals surface area contributed by atoms with Crippen molar-refractivity contribution in [2.75, 3.05) is 31.9 Å². The van der Waals surface area contributed by atoms with Crippen LogP contribution < -0.4 is 11.1 Å². The molecule has 0 bridgehead atoms. The molecule has 0 atom stereocenters. The number of benzene rings is 1. The van der Waals surface area contributed by atoms with E-state index in [2.05, 4.69) is 15.3 Å². The number of allylic oxidation sites excluding steroid dienone is 1. The van der Waals surface area contributed by atoms with Crippen LogP contribution in [-0.4, -0.2) is 52.7 Å². The second-order valence-electron chi connectivity index (χ2n) is 8.88. The maximum absolute atomic E-state index is 12.7. The molecule has 1 amide bonds. The van der Waals surface area contributed by atoms with Crippen LogP contribution >= 0.6 is 11.6 Å². The lowest BCUT2D eigenvalue weighted by atomic mass is 10.1. The first kappa shape index (κ1) is 24.7. The van der Waals surface area contributed by atoms with Crippen LogP contribution in [0.15, 0.2) is 65.4 Å². The molecule has 1 fully saturated rings. The second kappa shape index (κ2) is 10.9. The molecule has 0 spiro atoms. The molecular formula is C28H26ClN5O3. The zero-order valence-electron chi connectivity index (χ0n) is 20.1. The number of nitrogens with two attached hydrogens (primary N) is 1. The summed E-state index contributed by atoms with van der Waals surface area (Å²) in [6, 6.07) is 12.8. The van der Waals surface area contributed by atoms with Gasteiger partial charge in [0.05, 0.1) is 16.3 Å². The van der Waals surface area contributed by atoms with E-state index in [-0.39, 0.29) is 11.7 Å². The molecule has 0 saturated carbocycles. The van der Waals surface area contributed by atoms with Gasteiger partial charge >= 0.3 is 0 Å². The molecule has 3 aromatic heterocycles. The Labute approximate surface area is 219 Å². The fraction of sp³-hybridized carbons (Fsp3) is 0.214. The number of hydrogen-bond acceptors (Lipinski definition) is 7. The number of rotatable bonds is 7. The molecule has 188 valence electrons. The minimum Gasteiger partial charge on any atom is -0.459 e. The summed E-state index contributed by atoms with van der Waals surface area (Å²) in [6.45, 7) is 2.98. The average Bonchev–Trinajstić information content (AvgIpc) is 3.35. The number of pyridine rings is 2. The summed E-state index contributed by atoms with van der Waals surface area (Å²) >= 11 is 6.52.